The summed E-state index contributed by atoms with van der Waals surface area (Å²) < 4.78 is 0. The Morgan fingerprint density at radius 2 is 2.42 bits per heavy atom. The van der Waals surface area contributed by atoms with E-state index in [0.29, 0.717) is 5.69 Å². The molecule has 3 heteroatoms. The smallest absolute Gasteiger partial charge is 0.205 e. The molecule has 62 valence electrons. The van der Waals surface area contributed by atoms with Gasteiger partial charge in [-0.15, -0.1) is 0 Å². The molecule has 0 amide bonds. The molecular formula is C9H10N2O. The van der Waals surface area contributed by atoms with E-state index in [-0.39, 0.29) is 5.78 Å². The first-order chi connectivity index (χ1) is 5.84. The lowest BCUT2D eigenvalue weighted by Gasteiger charge is -1.90. The quantitative estimate of drug-likeness (QED) is 0.501. The van der Waals surface area contributed by atoms with Crippen LogP contribution < -0.4 is 0 Å². The molecule has 1 rings (SSSR count). The molecular weight excluding hydrogens is 152 g/mol. The standard InChI is InChI=1S/C9H10N2O/c1-2-3-4-9(12)8-7-10-5-6-11-8/h3-7H,2H2,1H3/b4-3+. The van der Waals surface area contributed by atoms with Crippen LogP contribution in [-0.2, 0) is 0 Å². The lowest BCUT2D eigenvalue weighted by Crippen LogP contribution is -1.97. The minimum absolute atomic E-state index is 0.0926. The molecule has 0 N–H and O–H groups in total. The van der Waals surface area contributed by atoms with Crippen LogP contribution in [0.4, 0.5) is 0 Å². The van der Waals surface area contributed by atoms with E-state index in [1.807, 2.05) is 6.92 Å². The van der Waals surface area contributed by atoms with Crippen molar-refractivity contribution in [2.45, 2.75) is 13.3 Å². The number of carbonyl (C=O) groups is 1. The third kappa shape index (κ3) is 2.27. The van der Waals surface area contributed by atoms with Crippen LogP contribution in [0.25, 0.3) is 0 Å². The Morgan fingerprint density at radius 1 is 1.58 bits per heavy atom. The van der Waals surface area contributed by atoms with Crippen molar-refractivity contribution in [3.05, 3.63) is 36.4 Å². The summed E-state index contributed by atoms with van der Waals surface area (Å²) in [7, 11) is 0. The molecule has 0 spiro atoms. The fourth-order valence-electron chi connectivity index (χ4n) is 0.737. The molecule has 0 aliphatic carbocycles. The molecule has 0 fully saturated rings. The minimum Gasteiger partial charge on any atom is -0.287 e. The SMILES string of the molecule is CC/C=C/C(=O)c1cnccn1. The van der Waals surface area contributed by atoms with Crippen LogP contribution >= 0.6 is 0 Å². The highest BCUT2D eigenvalue weighted by molar-refractivity contribution is 6.02. The van der Waals surface area contributed by atoms with Gasteiger partial charge < -0.3 is 0 Å². The summed E-state index contributed by atoms with van der Waals surface area (Å²) in [6.45, 7) is 1.97. The van der Waals surface area contributed by atoms with Gasteiger partial charge in [0.1, 0.15) is 5.69 Å². The molecule has 0 radical (unpaired) electrons. The summed E-state index contributed by atoms with van der Waals surface area (Å²) in [6, 6.07) is 0. The second-order valence-electron chi connectivity index (χ2n) is 2.27. The number of hydrogen-bond donors (Lipinski definition) is 0. The lowest BCUT2D eigenvalue weighted by atomic mass is 10.2. The van der Waals surface area contributed by atoms with Gasteiger partial charge in [0.25, 0.3) is 0 Å². The van der Waals surface area contributed by atoms with Crippen molar-refractivity contribution in [2.24, 2.45) is 0 Å². The Labute approximate surface area is 71.2 Å². The van der Waals surface area contributed by atoms with Gasteiger partial charge in [0.05, 0.1) is 6.20 Å². The number of aromatic nitrogens is 2. The van der Waals surface area contributed by atoms with Crippen molar-refractivity contribution in [1.82, 2.24) is 9.97 Å². The molecule has 12 heavy (non-hydrogen) atoms. The number of ketones is 1. The Balaban J connectivity index is 2.72. The van der Waals surface area contributed by atoms with Crippen molar-refractivity contribution in [2.75, 3.05) is 0 Å². The van der Waals surface area contributed by atoms with Gasteiger partial charge in [0, 0.05) is 12.4 Å². The summed E-state index contributed by atoms with van der Waals surface area (Å²) in [5.41, 5.74) is 0.391. The predicted molar refractivity (Wildman–Crippen MR) is 45.8 cm³/mol. The largest absolute Gasteiger partial charge is 0.287 e. The van der Waals surface area contributed by atoms with E-state index in [9.17, 15) is 4.79 Å². The van der Waals surface area contributed by atoms with E-state index in [1.54, 1.807) is 12.3 Å². The molecule has 0 saturated carbocycles. The summed E-state index contributed by atoms with van der Waals surface area (Å²) >= 11 is 0. The van der Waals surface area contributed by atoms with E-state index in [2.05, 4.69) is 9.97 Å². The molecule has 0 aromatic carbocycles. The first-order valence-electron chi connectivity index (χ1n) is 3.81. The highest BCUT2D eigenvalue weighted by Gasteiger charge is 2.00. The Bertz CT molecular complexity index is 280. The molecule has 3 nitrogen and oxygen atoms in total. The highest BCUT2D eigenvalue weighted by Crippen LogP contribution is 1.94. The number of carbonyl (C=O) groups excluding carboxylic acids is 1. The average molecular weight is 162 g/mol. The molecule has 1 aromatic rings. The predicted octanol–water partition coefficient (Wildman–Crippen LogP) is 1.63. The van der Waals surface area contributed by atoms with E-state index >= 15 is 0 Å². The van der Waals surface area contributed by atoms with Gasteiger partial charge in [-0.05, 0) is 12.5 Å². The van der Waals surface area contributed by atoms with E-state index in [1.165, 1.54) is 18.5 Å². The van der Waals surface area contributed by atoms with Crippen LogP contribution in [0, 0.1) is 0 Å². The van der Waals surface area contributed by atoms with Crippen LogP contribution in [0.3, 0.4) is 0 Å². The van der Waals surface area contributed by atoms with Gasteiger partial charge in [0.2, 0.25) is 5.78 Å². The zero-order chi connectivity index (χ0) is 8.81. The zero-order valence-electron chi connectivity index (χ0n) is 6.90. The van der Waals surface area contributed by atoms with Crippen LogP contribution in [0.15, 0.2) is 30.7 Å². The summed E-state index contributed by atoms with van der Waals surface area (Å²) in [6.07, 6.45) is 8.68. The van der Waals surface area contributed by atoms with Gasteiger partial charge in [0.15, 0.2) is 0 Å². The second kappa shape index (κ2) is 4.38. The normalized spacial score (nSPS) is 10.4. The molecule has 1 aromatic heterocycles. The Hall–Kier alpha value is -1.51. The van der Waals surface area contributed by atoms with Crippen molar-refractivity contribution in [3.8, 4) is 0 Å². The summed E-state index contributed by atoms with van der Waals surface area (Å²) in [5, 5.41) is 0. The third-order valence-corrected chi connectivity index (χ3v) is 1.32. The fraction of sp³-hybridized carbons (Fsp3) is 0.222. The maximum absolute atomic E-state index is 11.2. The van der Waals surface area contributed by atoms with Crippen LogP contribution in [0.5, 0.6) is 0 Å². The van der Waals surface area contributed by atoms with Crippen molar-refractivity contribution in [1.29, 1.82) is 0 Å². The Kier molecular flexibility index (Phi) is 3.14. The molecule has 0 unspecified atom stereocenters. The maximum Gasteiger partial charge on any atom is 0.205 e. The number of hydrogen-bond acceptors (Lipinski definition) is 3. The zero-order valence-corrected chi connectivity index (χ0v) is 6.90. The van der Waals surface area contributed by atoms with Crippen molar-refractivity contribution in [3.63, 3.8) is 0 Å². The van der Waals surface area contributed by atoms with Gasteiger partial charge >= 0.3 is 0 Å². The number of allylic oxidation sites excluding steroid dienone is 2. The Morgan fingerprint density at radius 3 is 3.00 bits per heavy atom. The molecule has 1 heterocycles. The van der Waals surface area contributed by atoms with Crippen molar-refractivity contribution < 1.29 is 4.79 Å². The van der Waals surface area contributed by atoms with Gasteiger partial charge in [-0.1, -0.05) is 13.0 Å². The van der Waals surface area contributed by atoms with Gasteiger partial charge in [-0.3, -0.25) is 9.78 Å². The highest BCUT2D eigenvalue weighted by atomic mass is 16.1. The first kappa shape index (κ1) is 8.59. The molecule has 0 atom stereocenters. The second-order valence-corrected chi connectivity index (χ2v) is 2.27. The molecule has 0 bridgehead atoms. The first-order valence-corrected chi connectivity index (χ1v) is 3.81. The minimum atomic E-state index is -0.0926. The summed E-state index contributed by atoms with van der Waals surface area (Å²) in [4.78, 5) is 18.9. The van der Waals surface area contributed by atoms with Gasteiger partial charge in [-0.2, -0.15) is 0 Å². The van der Waals surface area contributed by atoms with E-state index < -0.39 is 0 Å². The average Bonchev–Trinajstić information content (AvgIpc) is 2.15. The molecule has 0 saturated heterocycles. The fourth-order valence-corrected chi connectivity index (χ4v) is 0.737. The van der Waals surface area contributed by atoms with E-state index in [0.717, 1.165) is 6.42 Å². The van der Waals surface area contributed by atoms with Crippen LogP contribution in [-0.4, -0.2) is 15.8 Å². The number of rotatable bonds is 3. The lowest BCUT2D eigenvalue weighted by molar-refractivity contribution is 0.104. The molecule has 0 aliphatic heterocycles. The van der Waals surface area contributed by atoms with Crippen LogP contribution in [0.2, 0.25) is 0 Å². The van der Waals surface area contributed by atoms with E-state index in [4.69, 9.17) is 0 Å². The molecule has 0 aliphatic rings. The monoisotopic (exact) mass is 162 g/mol. The van der Waals surface area contributed by atoms with Crippen LogP contribution in [0.1, 0.15) is 23.8 Å². The topological polar surface area (TPSA) is 42.9 Å². The number of nitrogens with zero attached hydrogens (tertiary/aromatic N) is 2. The van der Waals surface area contributed by atoms with Crippen molar-refractivity contribution >= 4 is 5.78 Å². The van der Waals surface area contributed by atoms with Gasteiger partial charge in [-0.25, -0.2) is 4.98 Å². The third-order valence-electron chi connectivity index (χ3n) is 1.32. The summed E-state index contributed by atoms with van der Waals surface area (Å²) in [5.74, 6) is -0.0926. The maximum atomic E-state index is 11.2.